The van der Waals surface area contributed by atoms with E-state index in [1.165, 1.54) is 12.1 Å². The SMILES string of the molecule is Cc1[nH]nc2c1C(c1ccccc1OCC(=O)Nc1ccccc1C(F)(F)F)C(C#N)=C(N)O2. The normalized spacial score (nSPS) is 15.2. The molecule has 174 valence electrons. The number of ether oxygens (including phenoxy) is 2. The Morgan fingerprint density at radius 3 is 2.71 bits per heavy atom. The third-order valence-electron chi connectivity index (χ3n) is 5.22. The number of halogens is 3. The summed E-state index contributed by atoms with van der Waals surface area (Å²) in [6.45, 7) is 1.19. The third-order valence-corrected chi connectivity index (χ3v) is 5.22. The Balaban J connectivity index is 1.60. The van der Waals surface area contributed by atoms with Gasteiger partial charge in [-0.3, -0.25) is 9.89 Å². The highest BCUT2D eigenvalue weighted by Crippen LogP contribution is 2.45. The average Bonchev–Trinajstić information content (AvgIpc) is 3.16. The van der Waals surface area contributed by atoms with Gasteiger partial charge in [0.2, 0.25) is 11.8 Å². The molecule has 0 radical (unpaired) electrons. The van der Waals surface area contributed by atoms with Crippen molar-refractivity contribution in [3.05, 3.63) is 82.4 Å². The van der Waals surface area contributed by atoms with E-state index >= 15 is 0 Å². The van der Waals surface area contributed by atoms with E-state index in [2.05, 4.69) is 21.6 Å². The number of para-hydroxylation sites is 2. The van der Waals surface area contributed by atoms with E-state index in [0.29, 0.717) is 16.8 Å². The summed E-state index contributed by atoms with van der Waals surface area (Å²) < 4.78 is 50.7. The Morgan fingerprint density at radius 2 is 1.97 bits per heavy atom. The number of benzene rings is 2. The van der Waals surface area contributed by atoms with E-state index in [1.807, 2.05) is 0 Å². The number of carbonyl (C=O) groups excluding carboxylic acids is 1. The molecule has 8 nitrogen and oxygen atoms in total. The number of nitrogens with two attached hydrogens (primary N) is 1. The van der Waals surface area contributed by atoms with Crippen LogP contribution in [0.4, 0.5) is 18.9 Å². The summed E-state index contributed by atoms with van der Waals surface area (Å²) in [5.74, 6) is -1.11. The van der Waals surface area contributed by atoms with E-state index in [1.54, 1.807) is 31.2 Å². The molecule has 2 aromatic carbocycles. The van der Waals surface area contributed by atoms with Gasteiger partial charge in [0.1, 0.15) is 17.4 Å². The lowest BCUT2D eigenvalue weighted by Gasteiger charge is -2.25. The molecule has 3 aromatic rings. The van der Waals surface area contributed by atoms with Crippen LogP contribution in [0.15, 0.2) is 60.0 Å². The number of aromatic nitrogens is 2. The Kier molecular flexibility index (Phi) is 5.89. The van der Waals surface area contributed by atoms with Gasteiger partial charge in [-0.25, -0.2) is 0 Å². The summed E-state index contributed by atoms with van der Waals surface area (Å²) in [6, 6.07) is 13.4. The molecule has 0 bridgehead atoms. The number of nitrogens with one attached hydrogen (secondary N) is 2. The topological polar surface area (TPSA) is 126 Å². The minimum absolute atomic E-state index is 0.109. The molecular formula is C23H18F3N5O3. The number of hydrogen-bond donors (Lipinski definition) is 3. The van der Waals surface area contributed by atoms with Crippen LogP contribution < -0.4 is 20.5 Å². The summed E-state index contributed by atoms with van der Waals surface area (Å²) in [4.78, 5) is 12.4. The Labute approximate surface area is 191 Å². The number of anilines is 1. The lowest BCUT2D eigenvalue weighted by molar-refractivity contribution is -0.137. The number of amides is 1. The molecule has 1 amide bonds. The quantitative estimate of drug-likeness (QED) is 0.519. The number of carbonyl (C=O) groups is 1. The van der Waals surface area contributed by atoms with Gasteiger partial charge in [0.05, 0.1) is 17.2 Å². The molecule has 1 aromatic heterocycles. The smallest absolute Gasteiger partial charge is 0.418 e. The first-order chi connectivity index (χ1) is 16.2. The monoisotopic (exact) mass is 469 g/mol. The maximum absolute atomic E-state index is 13.2. The lowest BCUT2D eigenvalue weighted by Crippen LogP contribution is -2.24. The second-order valence-electron chi connectivity index (χ2n) is 7.41. The molecular weight excluding hydrogens is 451 g/mol. The summed E-state index contributed by atoms with van der Waals surface area (Å²) >= 11 is 0. The van der Waals surface area contributed by atoms with Gasteiger partial charge in [-0.1, -0.05) is 30.3 Å². The van der Waals surface area contributed by atoms with Crippen molar-refractivity contribution in [2.75, 3.05) is 11.9 Å². The number of alkyl halides is 3. The Bertz CT molecular complexity index is 1320. The largest absolute Gasteiger partial charge is 0.483 e. The molecule has 2 heterocycles. The second kappa shape index (κ2) is 8.82. The summed E-state index contributed by atoms with van der Waals surface area (Å²) in [5.41, 5.74) is 6.48. The van der Waals surface area contributed by atoms with Crippen molar-refractivity contribution in [1.29, 1.82) is 5.26 Å². The number of H-pyrrole nitrogens is 1. The molecule has 1 unspecified atom stereocenters. The van der Waals surface area contributed by atoms with Crippen LogP contribution in [0.5, 0.6) is 11.6 Å². The number of aryl methyl sites for hydroxylation is 1. The molecule has 4 N–H and O–H groups in total. The average molecular weight is 469 g/mol. The standard InChI is InChI=1S/C23H18F3N5O3/c1-12-19-20(14(10-27)21(28)34-22(19)31-30-12)13-6-2-5-9-17(13)33-11-18(32)29-16-8-4-3-7-15(16)23(24,25)26/h2-9,20H,11,28H2,1H3,(H,29,32)(H,30,31). The first-order valence-corrected chi connectivity index (χ1v) is 10.0. The van der Waals surface area contributed by atoms with E-state index in [4.69, 9.17) is 15.2 Å². The van der Waals surface area contributed by atoms with Crippen molar-refractivity contribution in [1.82, 2.24) is 10.2 Å². The molecule has 1 aliphatic heterocycles. The van der Waals surface area contributed by atoms with E-state index in [-0.39, 0.29) is 28.8 Å². The van der Waals surface area contributed by atoms with Crippen molar-refractivity contribution >= 4 is 11.6 Å². The van der Waals surface area contributed by atoms with Crippen molar-refractivity contribution in [2.45, 2.75) is 19.0 Å². The van der Waals surface area contributed by atoms with Crippen LogP contribution in [-0.4, -0.2) is 22.7 Å². The molecule has 34 heavy (non-hydrogen) atoms. The van der Waals surface area contributed by atoms with Crippen molar-refractivity contribution in [3.8, 4) is 17.7 Å². The number of aromatic amines is 1. The van der Waals surface area contributed by atoms with Crippen LogP contribution in [0.3, 0.4) is 0 Å². The number of nitrogens with zero attached hydrogens (tertiary/aromatic N) is 2. The summed E-state index contributed by atoms with van der Waals surface area (Å²) in [6.07, 6.45) is -4.62. The van der Waals surface area contributed by atoms with Gasteiger partial charge in [0.25, 0.3) is 5.91 Å². The summed E-state index contributed by atoms with van der Waals surface area (Å²) in [5, 5.41) is 18.8. The van der Waals surface area contributed by atoms with Crippen LogP contribution >= 0.6 is 0 Å². The van der Waals surface area contributed by atoms with Gasteiger partial charge in [0.15, 0.2) is 6.61 Å². The van der Waals surface area contributed by atoms with Crippen LogP contribution in [0.2, 0.25) is 0 Å². The zero-order valence-corrected chi connectivity index (χ0v) is 17.7. The highest BCUT2D eigenvalue weighted by atomic mass is 19.4. The van der Waals surface area contributed by atoms with E-state index in [9.17, 15) is 23.2 Å². The molecule has 0 fully saturated rings. The van der Waals surface area contributed by atoms with Crippen molar-refractivity contribution < 1.29 is 27.4 Å². The zero-order chi connectivity index (χ0) is 24.5. The van der Waals surface area contributed by atoms with Gasteiger partial charge >= 0.3 is 6.18 Å². The fraction of sp³-hybridized carbons (Fsp3) is 0.174. The van der Waals surface area contributed by atoms with Gasteiger partial charge in [-0.2, -0.15) is 18.4 Å². The Morgan fingerprint density at radius 1 is 1.26 bits per heavy atom. The van der Waals surface area contributed by atoms with E-state index in [0.717, 1.165) is 12.1 Å². The third kappa shape index (κ3) is 4.25. The highest BCUT2D eigenvalue weighted by Gasteiger charge is 2.36. The molecule has 1 aliphatic rings. The molecule has 4 rings (SSSR count). The predicted octanol–water partition coefficient (Wildman–Crippen LogP) is 3.97. The maximum atomic E-state index is 13.2. The molecule has 0 saturated carbocycles. The minimum Gasteiger partial charge on any atom is -0.483 e. The number of rotatable bonds is 5. The minimum atomic E-state index is -4.62. The zero-order valence-electron chi connectivity index (χ0n) is 17.7. The fourth-order valence-electron chi connectivity index (χ4n) is 3.73. The number of nitriles is 1. The number of allylic oxidation sites excluding steroid dienone is 1. The second-order valence-corrected chi connectivity index (χ2v) is 7.41. The molecule has 0 saturated heterocycles. The van der Waals surface area contributed by atoms with Gasteiger partial charge in [-0.05, 0) is 25.1 Å². The van der Waals surface area contributed by atoms with Crippen molar-refractivity contribution in [3.63, 3.8) is 0 Å². The molecule has 0 spiro atoms. The fourth-order valence-corrected chi connectivity index (χ4v) is 3.73. The van der Waals surface area contributed by atoms with Crippen LogP contribution in [-0.2, 0) is 11.0 Å². The maximum Gasteiger partial charge on any atom is 0.418 e. The lowest BCUT2D eigenvalue weighted by atomic mass is 9.83. The van der Waals surface area contributed by atoms with Gasteiger partial charge < -0.3 is 20.5 Å². The molecule has 0 aliphatic carbocycles. The van der Waals surface area contributed by atoms with Crippen LogP contribution in [0, 0.1) is 18.3 Å². The molecule has 11 heteroatoms. The molecule has 1 atom stereocenters. The number of fused-ring (bicyclic) bond motifs is 1. The highest BCUT2D eigenvalue weighted by molar-refractivity contribution is 5.92. The van der Waals surface area contributed by atoms with Gasteiger partial charge in [-0.15, -0.1) is 5.10 Å². The summed E-state index contributed by atoms with van der Waals surface area (Å²) in [7, 11) is 0. The first kappa shape index (κ1) is 22.7. The van der Waals surface area contributed by atoms with Crippen molar-refractivity contribution in [2.24, 2.45) is 5.73 Å². The Hall–Kier alpha value is -4.46. The van der Waals surface area contributed by atoms with Crippen LogP contribution in [0.25, 0.3) is 0 Å². The predicted molar refractivity (Wildman–Crippen MR) is 115 cm³/mol. The number of hydrogen-bond acceptors (Lipinski definition) is 6. The first-order valence-electron chi connectivity index (χ1n) is 10.0. The van der Waals surface area contributed by atoms with Gasteiger partial charge in [0, 0.05) is 16.8 Å². The van der Waals surface area contributed by atoms with Crippen LogP contribution in [0.1, 0.15) is 28.3 Å². The van der Waals surface area contributed by atoms with E-state index < -0.39 is 30.2 Å².